The lowest BCUT2D eigenvalue weighted by atomic mass is 10.0. The Bertz CT molecular complexity index is 1860. The van der Waals surface area contributed by atoms with Crippen LogP contribution < -0.4 is 0 Å². The molecule has 0 aliphatic rings. The Balaban J connectivity index is 5.13. The second-order valence-electron chi connectivity index (χ2n) is 28.6. The predicted octanol–water partition coefficient (Wildman–Crippen LogP) is 23.3. The number of hydrogen-bond acceptors (Lipinski definition) is 15. The van der Waals surface area contributed by atoms with Gasteiger partial charge in [0.15, 0.2) is 12.2 Å². The number of carbonyl (C=O) groups excluding carboxylic acids is 4. The number of aliphatic hydroxyl groups is 1. The normalized spacial score (nSPS) is 13.9. The van der Waals surface area contributed by atoms with Crippen LogP contribution in [0.25, 0.3) is 0 Å². The Morgan fingerprint density at radius 1 is 0.278 bits per heavy atom. The van der Waals surface area contributed by atoms with Gasteiger partial charge in [-0.2, -0.15) is 0 Å². The van der Waals surface area contributed by atoms with Crippen LogP contribution in [0.3, 0.4) is 0 Å². The molecular formula is C78H152O17P2. The van der Waals surface area contributed by atoms with E-state index in [1.807, 2.05) is 0 Å². The van der Waals surface area contributed by atoms with Crippen molar-refractivity contribution in [1.82, 2.24) is 0 Å². The molecule has 0 heterocycles. The van der Waals surface area contributed by atoms with Crippen LogP contribution in [0.4, 0.5) is 0 Å². The van der Waals surface area contributed by atoms with Crippen LogP contribution >= 0.6 is 15.6 Å². The van der Waals surface area contributed by atoms with Gasteiger partial charge in [-0.3, -0.25) is 37.3 Å². The van der Waals surface area contributed by atoms with Gasteiger partial charge in [0, 0.05) is 25.7 Å². The molecular weight excluding hydrogens is 1270 g/mol. The topological polar surface area (TPSA) is 237 Å². The van der Waals surface area contributed by atoms with Crippen molar-refractivity contribution in [2.45, 2.75) is 432 Å². The number of phosphoric ester groups is 2. The predicted molar refractivity (Wildman–Crippen MR) is 395 cm³/mol. The van der Waals surface area contributed by atoms with E-state index < -0.39 is 97.5 Å². The molecule has 0 aliphatic carbocycles. The molecule has 0 rings (SSSR count). The highest BCUT2D eigenvalue weighted by Gasteiger charge is 2.30. The molecule has 0 spiro atoms. The zero-order valence-electron chi connectivity index (χ0n) is 63.2. The SMILES string of the molecule is CCCCCCCCCCCCCCCCCCCCCCC(=O)O[C@H](COC(=O)CCCCCCCCCCCCCCCCCC(C)C)COP(=O)(O)OC[C@@H](O)COP(=O)(O)OC[C@@H](COC(=O)CCCCCCC)OC(=O)CCCCCCCCCCCCCCCC. The number of hydrogen-bond donors (Lipinski definition) is 3. The Kier molecular flexibility index (Phi) is 69.6. The second-order valence-corrected chi connectivity index (χ2v) is 31.5. The molecule has 576 valence electrons. The summed E-state index contributed by atoms with van der Waals surface area (Å²) < 4.78 is 68.4. The number of esters is 4. The van der Waals surface area contributed by atoms with Crippen molar-refractivity contribution in [1.29, 1.82) is 0 Å². The zero-order chi connectivity index (χ0) is 71.2. The molecule has 0 radical (unpaired) electrons. The largest absolute Gasteiger partial charge is 0.472 e. The number of phosphoric acid groups is 2. The molecule has 0 bridgehead atoms. The van der Waals surface area contributed by atoms with Crippen molar-refractivity contribution in [3.05, 3.63) is 0 Å². The van der Waals surface area contributed by atoms with Crippen molar-refractivity contribution in [3.8, 4) is 0 Å². The molecule has 17 nitrogen and oxygen atoms in total. The molecule has 0 amide bonds. The third-order valence-corrected chi connectivity index (χ3v) is 20.2. The molecule has 97 heavy (non-hydrogen) atoms. The van der Waals surface area contributed by atoms with Gasteiger partial charge in [-0.1, -0.05) is 362 Å². The van der Waals surface area contributed by atoms with E-state index in [0.717, 1.165) is 102 Å². The minimum absolute atomic E-state index is 0.107. The van der Waals surface area contributed by atoms with E-state index in [1.165, 1.54) is 231 Å². The van der Waals surface area contributed by atoms with Gasteiger partial charge in [-0.15, -0.1) is 0 Å². The summed E-state index contributed by atoms with van der Waals surface area (Å²) in [5.41, 5.74) is 0. The molecule has 2 unspecified atom stereocenters. The highest BCUT2D eigenvalue weighted by atomic mass is 31.2. The fraction of sp³-hybridized carbons (Fsp3) is 0.949. The van der Waals surface area contributed by atoms with Gasteiger partial charge >= 0.3 is 39.5 Å². The van der Waals surface area contributed by atoms with Gasteiger partial charge in [0.2, 0.25) is 0 Å². The summed E-state index contributed by atoms with van der Waals surface area (Å²) >= 11 is 0. The average molecular weight is 1420 g/mol. The Morgan fingerprint density at radius 2 is 0.474 bits per heavy atom. The Labute approximate surface area is 594 Å². The third kappa shape index (κ3) is 72.2. The van der Waals surface area contributed by atoms with E-state index in [1.54, 1.807) is 0 Å². The molecule has 0 aromatic rings. The van der Waals surface area contributed by atoms with Gasteiger partial charge in [0.05, 0.1) is 26.4 Å². The van der Waals surface area contributed by atoms with Gasteiger partial charge < -0.3 is 33.8 Å². The maximum atomic E-state index is 13.1. The van der Waals surface area contributed by atoms with Gasteiger partial charge in [-0.05, 0) is 31.6 Å². The Morgan fingerprint density at radius 3 is 0.701 bits per heavy atom. The highest BCUT2D eigenvalue weighted by molar-refractivity contribution is 7.47. The summed E-state index contributed by atoms with van der Waals surface area (Å²) in [6.07, 6.45) is 61.5. The van der Waals surface area contributed by atoms with E-state index in [4.69, 9.17) is 37.0 Å². The molecule has 0 saturated heterocycles. The standard InChI is InChI=1S/C78H152O17P2/c1-6-9-12-15-17-19-21-23-25-26-27-28-29-32-37-41-45-49-54-59-64-78(83)95-74(68-89-76(81)62-57-52-47-43-39-36-33-30-31-34-38-42-46-51-55-60-71(4)5)70-93-97(86,87)91-66-72(79)65-90-96(84,85)92-69-73(67-88-75(80)61-56-50-14-11-8-3)94-77(82)63-58-53-48-44-40-35-24-22-20-18-16-13-10-7-2/h71-74,79H,6-70H2,1-5H3,(H,84,85)(H,86,87)/t72-,73+,74+/m0/s1. The molecule has 19 heteroatoms. The summed E-state index contributed by atoms with van der Waals surface area (Å²) in [5, 5.41) is 10.6. The Hall–Kier alpha value is -1.94. The summed E-state index contributed by atoms with van der Waals surface area (Å²) in [6.45, 7) is 7.25. The van der Waals surface area contributed by atoms with Crippen LogP contribution in [0.1, 0.15) is 413 Å². The lowest BCUT2D eigenvalue weighted by Gasteiger charge is -2.21. The maximum absolute atomic E-state index is 13.1. The molecule has 0 aromatic heterocycles. The van der Waals surface area contributed by atoms with E-state index >= 15 is 0 Å². The minimum Gasteiger partial charge on any atom is -0.462 e. The van der Waals surface area contributed by atoms with Gasteiger partial charge in [0.25, 0.3) is 0 Å². The second kappa shape index (κ2) is 71.1. The van der Waals surface area contributed by atoms with Crippen LogP contribution in [0.15, 0.2) is 0 Å². The number of rotatable bonds is 78. The maximum Gasteiger partial charge on any atom is 0.472 e. The first-order valence-corrected chi connectivity index (χ1v) is 43.6. The number of aliphatic hydroxyl groups excluding tert-OH is 1. The number of carbonyl (C=O) groups is 4. The van der Waals surface area contributed by atoms with Gasteiger partial charge in [-0.25, -0.2) is 9.13 Å². The van der Waals surface area contributed by atoms with Gasteiger partial charge in [0.1, 0.15) is 19.3 Å². The van der Waals surface area contributed by atoms with E-state index in [2.05, 4.69) is 34.6 Å². The fourth-order valence-electron chi connectivity index (χ4n) is 12.1. The summed E-state index contributed by atoms with van der Waals surface area (Å²) in [5.74, 6) is -1.32. The van der Waals surface area contributed by atoms with Crippen LogP contribution in [-0.2, 0) is 65.4 Å². The van der Waals surface area contributed by atoms with Crippen molar-refractivity contribution in [2.75, 3.05) is 39.6 Å². The fourth-order valence-corrected chi connectivity index (χ4v) is 13.6. The number of unbranched alkanes of at least 4 members (excludes halogenated alkanes) is 50. The third-order valence-electron chi connectivity index (χ3n) is 18.3. The first-order chi connectivity index (χ1) is 47.0. The quantitative estimate of drug-likeness (QED) is 0.0222. The van der Waals surface area contributed by atoms with Crippen molar-refractivity contribution >= 4 is 39.5 Å². The zero-order valence-corrected chi connectivity index (χ0v) is 65.0. The average Bonchev–Trinajstić information content (AvgIpc) is 2.35. The first-order valence-electron chi connectivity index (χ1n) is 40.6. The lowest BCUT2D eigenvalue weighted by molar-refractivity contribution is -0.161. The molecule has 0 fully saturated rings. The highest BCUT2D eigenvalue weighted by Crippen LogP contribution is 2.45. The minimum atomic E-state index is -4.96. The molecule has 0 saturated carbocycles. The molecule has 0 aliphatic heterocycles. The van der Waals surface area contributed by atoms with Crippen molar-refractivity contribution in [3.63, 3.8) is 0 Å². The monoisotopic (exact) mass is 1420 g/mol. The van der Waals surface area contributed by atoms with Crippen molar-refractivity contribution < 1.29 is 80.2 Å². The van der Waals surface area contributed by atoms with Crippen LogP contribution in [0.2, 0.25) is 0 Å². The first kappa shape index (κ1) is 95.1. The number of ether oxygens (including phenoxy) is 4. The summed E-state index contributed by atoms with van der Waals surface area (Å²) in [6, 6.07) is 0. The molecule has 3 N–H and O–H groups in total. The smallest absolute Gasteiger partial charge is 0.462 e. The summed E-state index contributed by atoms with van der Waals surface area (Å²) in [4.78, 5) is 72.6. The van der Waals surface area contributed by atoms with E-state index in [0.29, 0.717) is 25.7 Å². The van der Waals surface area contributed by atoms with Crippen molar-refractivity contribution in [2.24, 2.45) is 5.92 Å². The van der Waals surface area contributed by atoms with Crippen LogP contribution in [-0.4, -0.2) is 96.7 Å². The van der Waals surface area contributed by atoms with E-state index in [9.17, 15) is 43.2 Å². The van der Waals surface area contributed by atoms with Crippen LogP contribution in [0, 0.1) is 5.92 Å². The lowest BCUT2D eigenvalue weighted by Crippen LogP contribution is -2.30. The van der Waals surface area contributed by atoms with Crippen LogP contribution in [0.5, 0.6) is 0 Å². The summed E-state index contributed by atoms with van der Waals surface area (Å²) in [7, 11) is -9.90. The van der Waals surface area contributed by atoms with E-state index in [-0.39, 0.29) is 25.7 Å². The molecule has 0 aromatic carbocycles. The molecule has 5 atom stereocenters.